The first-order valence-corrected chi connectivity index (χ1v) is 5.03. The molecule has 2 aromatic rings. The van der Waals surface area contributed by atoms with E-state index in [2.05, 4.69) is 4.98 Å². The number of nitrogens with zero attached hydrogens (tertiary/aromatic N) is 2. The maximum atomic E-state index is 13.7. The van der Waals surface area contributed by atoms with Crippen molar-refractivity contribution in [3.05, 3.63) is 47.8 Å². The molecule has 2 rings (SSSR count). The third kappa shape index (κ3) is 2.33. The van der Waals surface area contributed by atoms with Crippen LogP contribution >= 0.6 is 0 Å². The smallest absolute Gasteiger partial charge is 0.185 e. The summed E-state index contributed by atoms with van der Waals surface area (Å²) in [6.45, 7) is 0.268. The highest BCUT2D eigenvalue weighted by Crippen LogP contribution is 2.17. The number of carbonyl (C=O) groups is 1. The minimum absolute atomic E-state index is 0.268. The van der Waals surface area contributed by atoms with Gasteiger partial charge in [0, 0.05) is 24.0 Å². The van der Waals surface area contributed by atoms with Crippen molar-refractivity contribution in [1.82, 2.24) is 9.55 Å². The Labute approximate surface area is 97.7 Å². The van der Waals surface area contributed by atoms with E-state index in [1.807, 2.05) is 0 Å². The summed E-state index contributed by atoms with van der Waals surface area (Å²) in [5, 5.41) is 0. The number of methoxy groups -OCH3 is 1. The van der Waals surface area contributed by atoms with E-state index in [4.69, 9.17) is 4.74 Å². The highest BCUT2D eigenvalue weighted by molar-refractivity contribution is 5.69. The molecule has 0 aliphatic heterocycles. The van der Waals surface area contributed by atoms with Crippen molar-refractivity contribution in [2.45, 2.75) is 6.54 Å². The zero-order valence-corrected chi connectivity index (χ0v) is 9.26. The SMILES string of the molecule is COc1ccc(Cn2ccnc2C=O)c(F)c1. The van der Waals surface area contributed by atoms with Gasteiger partial charge in [-0.3, -0.25) is 4.79 Å². The normalized spacial score (nSPS) is 10.2. The van der Waals surface area contributed by atoms with Gasteiger partial charge in [-0.15, -0.1) is 0 Å². The number of ether oxygens (including phenoxy) is 1. The number of aldehydes is 1. The number of benzene rings is 1. The summed E-state index contributed by atoms with van der Waals surface area (Å²) >= 11 is 0. The van der Waals surface area contributed by atoms with Gasteiger partial charge in [-0.05, 0) is 6.07 Å². The Kier molecular flexibility index (Phi) is 3.18. The molecule has 0 atom stereocenters. The van der Waals surface area contributed by atoms with Crippen LogP contribution in [0.5, 0.6) is 5.75 Å². The molecule has 0 aliphatic rings. The molecule has 5 heteroatoms. The molecule has 17 heavy (non-hydrogen) atoms. The van der Waals surface area contributed by atoms with Crippen LogP contribution in [-0.2, 0) is 6.54 Å². The molecule has 0 amide bonds. The molecule has 4 nitrogen and oxygen atoms in total. The summed E-state index contributed by atoms with van der Waals surface area (Å²) in [6.07, 6.45) is 3.78. The average molecular weight is 234 g/mol. The van der Waals surface area contributed by atoms with Crippen LogP contribution in [0.1, 0.15) is 16.2 Å². The maximum Gasteiger partial charge on any atom is 0.185 e. The number of halogens is 1. The lowest BCUT2D eigenvalue weighted by atomic mass is 10.2. The molecule has 0 fully saturated rings. The molecule has 88 valence electrons. The molecule has 1 heterocycles. The quantitative estimate of drug-likeness (QED) is 0.759. The highest BCUT2D eigenvalue weighted by atomic mass is 19.1. The fraction of sp³-hybridized carbons (Fsp3) is 0.167. The second kappa shape index (κ2) is 4.78. The Hall–Kier alpha value is -2.17. The first kappa shape index (κ1) is 11.3. The standard InChI is InChI=1S/C12H11FN2O2/c1-17-10-3-2-9(11(13)6-10)7-15-5-4-14-12(15)8-16/h2-6,8H,7H2,1H3. The van der Waals surface area contributed by atoms with Gasteiger partial charge in [-0.1, -0.05) is 6.07 Å². The average Bonchev–Trinajstić information content (AvgIpc) is 2.79. The van der Waals surface area contributed by atoms with E-state index in [0.29, 0.717) is 17.6 Å². The third-order valence-electron chi connectivity index (χ3n) is 2.45. The zero-order valence-electron chi connectivity index (χ0n) is 9.26. The molecule has 0 saturated heterocycles. The third-order valence-corrected chi connectivity index (χ3v) is 2.45. The second-order valence-corrected chi connectivity index (χ2v) is 3.49. The van der Waals surface area contributed by atoms with Gasteiger partial charge in [0.25, 0.3) is 0 Å². The number of rotatable bonds is 4. The van der Waals surface area contributed by atoms with Crippen LogP contribution in [0.15, 0.2) is 30.6 Å². The first-order valence-electron chi connectivity index (χ1n) is 5.03. The maximum absolute atomic E-state index is 13.7. The van der Waals surface area contributed by atoms with Crippen LogP contribution in [0.3, 0.4) is 0 Å². The lowest BCUT2D eigenvalue weighted by molar-refractivity contribution is 0.111. The van der Waals surface area contributed by atoms with Crippen molar-refractivity contribution < 1.29 is 13.9 Å². The lowest BCUT2D eigenvalue weighted by Gasteiger charge is -2.07. The molecule has 0 unspecified atom stereocenters. The van der Waals surface area contributed by atoms with Gasteiger partial charge in [0.2, 0.25) is 0 Å². The van der Waals surface area contributed by atoms with Crippen LogP contribution in [0.4, 0.5) is 4.39 Å². The van der Waals surface area contributed by atoms with E-state index in [9.17, 15) is 9.18 Å². The topological polar surface area (TPSA) is 44.1 Å². The summed E-state index contributed by atoms with van der Waals surface area (Å²) in [6, 6.07) is 4.62. The molecule has 1 aromatic heterocycles. The van der Waals surface area contributed by atoms with E-state index in [1.165, 1.54) is 19.4 Å². The van der Waals surface area contributed by atoms with Gasteiger partial charge in [-0.2, -0.15) is 0 Å². The van der Waals surface area contributed by atoms with Gasteiger partial charge in [0.1, 0.15) is 11.6 Å². The van der Waals surface area contributed by atoms with Gasteiger partial charge < -0.3 is 9.30 Å². The van der Waals surface area contributed by atoms with Crippen LogP contribution in [-0.4, -0.2) is 22.9 Å². The fourth-order valence-corrected chi connectivity index (χ4v) is 1.54. The summed E-state index contributed by atoms with van der Waals surface area (Å²) in [7, 11) is 1.48. The minimum Gasteiger partial charge on any atom is -0.497 e. The van der Waals surface area contributed by atoms with Crippen molar-refractivity contribution in [3.63, 3.8) is 0 Å². The summed E-state index contributed by atoms with van der Waals surface area (Å²) < 4.78 is 20.2. The predicted octanol–water partition coefficient (Wildman–Crippen LogP) is 1.89. The van der Waals surface area contributed by atoms with Gasteiger partial charge in [0.05, 0.1) is 13.7 Å². The molecule has 0 saturated carbocycles. The Balaban J connectivity index is 2.27. The van der Waals surface area contributed by atoms with E-state index >= 15 is 0 Å². The number of aromatic nitrogens is 2. The Bertz CT molecular complexity index is 537. The van der Waals surface area contributed by atoms with Gasteiger partial charge in [0.15, 0.2) is 12.1 Å². The van der Waals surface area contributed by atoms with Crippen molar-refractivity contribution >= 4 is 6.29 Å². The number of imidazole rings is 1. The van der Waals surface area contributed by atoms with Crippen molar-refractivity contribution in [1.29, 1.82) is 0 Å². The van der Waals surface area contributed by atoms with E-state index in [0.717, 1.165) is 0 Å². The van der Waals surface area contributed by atoms with Crippen molar-refractivity contribution in [3.8, 4) is 5.75 Å². The molecule has 0 aliphatic carbocycles. The summed E-state index contributed by atoms with van der Waals surface area (Å²) in [5.74, 6) is 0.377. The number of hydrogen-bond acceptors (Lipinski definition) is 3. The minimum atomic E-state index is -0.366. The zero-order chi connectivity index (χ0) is 12.3. The first-order chi connectivity index (χ1) is 8.24. The van der Waals surface area contributed by atoms with Crippen LogP contribution < -0.4 is 4.74 Å². The molecule has 0 bridgehead atoms. The molecular weight excluding hydrogens is 223 g/mol. The predicted molar refractivity (Wildman–Crippen MR) is 59.7 cm³/mol. The Morgan fingerprint density at radius 2 is 2.35 bits per heavy atom. The lowest BCUT2D eigenvalue weighted by Crippen LogP contribution is -2.05. The molecule has 0 spiro atoms. The Morgan fingerprint density at radius 3 is 3.00 bits per heavy atom. The van der Waals surface area contributed by atoms with E-state index in [-0.39, 0.29) is 18.2 Å². The largest absolute Gasteiger partial charge is 0.497 e. The summed E-state index contributed by atoms with van der Waals surface area (Å²) in [4.78, 5) is 14.5. The molecule has 1 aromatic carbocycles. The molecule has 0 N–H and O–H groups in total. The number of hydrogen-bond donors (Lipinski definition) is 0. The monoisotopic (exact) mass is 234 g/mol. The van der Waals surface area contributed by atoms with Gasteiger partial charge in [-0.25, -0.2) is 9.37 Å². The fourth-order valence-electron chi connectivity index (χ4n) is 1.54. The highest BCUT2D eigenvalue weighted by Gasteiger charge is 2.07. The van der Waals surface area contributed by atoms with E-state index in [1.54, 1.807) is 22.9 Å². The molecule has 0 radical (unpaired) electrons. The van der Waals surface area contributed by atoms with E-state index < -0.39 is 0 Å². The van der Waals surface area contributed by atoms with Crippen molar-refractivity contribution in [2.75, 3.05) is 7.11 Å². The Morgan fingerprint density at radius 1 is 1.53 bits per heavy atom. The number of carbonyl (C=O) groups excluding carboxylic acids is 1. The molecular formula is C12H11FN2O2. The summed E-state index contributed by atoms with van der Waals surface area (Å²) in [5.41, 5.74) is 0.479. The van der Waals surface area contributed by atoms with Crippen LogP contribution in [0.2, 0.25) is 0 Å². The van der Waals surface area contributed by atoms with Gasteiger partial charge >= 0.3 is 0 Å². The second-order valence-electron chi connectivity index (χ2n) is 3.49. The van der Waals surface area contributed by atoms with Crippen LogP contribution in [0, 0.1) is 5.82 Å². The van der Waals surface area contributed by atoms with Crippen LogP contribution in [0.25, 0.3) is 0 Å². The van der Waals surface area contributed by atoms with Crippen molar-refractivity contribution in [2.24, 2.45) is 0 Å².